The number of carboxylic acid groups (broad SMARTS) is 1. The van der Waals surface area contributed by atoms with Gasteiger partial charge in [0.15, 0.2) is 0 Å². The first-order chi connectivity index (χ1) is 5.77. The first kappa shape index (κ1) is 9.14. The van der Waals surface area contributed by atoms with E-state index in [4.69, 9.17) is 5.11 Å². The molecule has 0 fully saturated rings. The van der Waals surface area contributed by atoms with E-state index in [1.54, 1.807) is 6.07 Å². The summed E-state index contributed by atoms with van der Waals surface area (Å²) < 4.78 is 0. The van der Waals surface area contributed by atoms with Crippen molar-refractivity contribution in [3.05, 3.63) is 23.8 Å². The molecule has 2 rings (SSSR count). The highest BCUT2D eigenvalue weighted by molar-refractivity contribution is 5.91. The molecule has 5 N–H and O–H groups in total. The van der Waals surface area contributed by atoms with Crippen LogP contribution in [0, 0.1) is 0 Å². The topological polar surface area (TPSA) is 114 Å². The Labute approximate surface area is 73.2 Å². The zero-order valence-corrected chi connectivity index (χ0v) is 6.69. The zero-order valence-electron chi connectivity index (χ0n) is 6.69. The first-order valence-electron chi connectivity index (χ1n) is 3.31. The number of hydrogen-bond acceptors (Lipinski definition) is 4. The molecule has 0 aliphatic heterocycles. The molecule has 1 heterocycles. The minimum absolute atomic E-state index is 0. The van der Waals surface area contributed by atoms with E-state index in [1.807, 2.05) is 0 Å². The predicted octanol–water partition coefficient (Wildman–Crippen LogP) is 0.818. The van der Waals surface area contributed by atoms with Crippen LogP contribution in [0.5, 0.6) is 0 Å². The third kappa shape index (κ3) is 1.47. The Hall–Kier alpha value is -1.95. The summed E-state index contributed by atoms with van der Waals surface area (Å²) in [5, 5.41) is 18.6. The van der Waals surface area contributed by atoms with Gasteiger partial charge in [0.25, 0.3) is 0 Å². The van der Waals surface area contributed by atoms with Crippen LogP contribution < -0.4 is 6.15 Å². The van der Waals surface area contributed by atoms with Gasteiger partial charge in [-0.05, 0) is 18.2 Å². The highest BCUT2D eigenvalue weighted by Crippen LogP contribution is 2.09. The zero-order chi connectivity index (χ0) is 8.55. The molecule has 0 spiro atoms. The van der Waals surface area contributed by atoms with E-state index < -0.39 is 5.97 Å². The maximum atomic E-state index is 10.5. The van der Waals surface area contributed by atoms with E-state index in [-0.39, 0.29) is 11.7 Å². The van der Waals surface area contributed by atoms with Gasteiger partial charge in [-0.2, -0.15) is 15.4 Å². The van der Waals surface area contributed by atoms with Crippen LogP contribution in [-0.4, -0.2) is 26.5 Å². The maximum absolute atomic E-state index is 10.5. The Balaban J connectivity index is 0.000000845. The van der Waals surface area contributed by atoms with E-state index in [0.717, 1.165) is 0 Å². The summed E-state index contributed by atoms with van der Waals surface area (Å²) >= 11 is 0. The number of benzene rings is 1. The van der Waals surface area contributed by atoms with Gasteiger partial charge in [-0.15, -0.1) is 0 Å². The predicted molar refractivity (Wildman–Crippen MR) is 45.9 cm³/mol. The van der Waals surface area contributed by atoms with Crippen molar-refractivity contribution in [3.8, 4) is 0 Å². The fourth-order valence-corrected chi connectivity index (χ4v) is 0.973. The lowest BCUT2D eigenvalue weighted by Crippen LogP contribution is -1.94. The molecule has 1 aromatic heterocycles. The number of H-pyrrole nitrogens is 1. The molecule has 68 valence electrons. The quantitative estimate of drug-likeness (QED) is 0.601. The molecule has 2 aromatic rings. The van der Waals surface area contributed by atoms with Crippen molar-refractivity contribution in [1.29, 1.82) is 0 Å². The highest BCUT2D eigenvalue weighted by atomic mass is 16.4. The van der Waals surface area contributed by atoms with Gasteiger partial charge >= 0.3 is 5.97 Å². The SMILES string of the molecule is N.O=C(O)c1ccc2n[nH]nc2c1. The second-order valence-electron chi connectivity index (χ2n) is 2.33. The number of aromatic amines is 1. The Bertz CT molecular complexity index is 437. The summed E-state index contributed by atoms with van der Waals surface area (Å²) in [6.45, 7) is 0. The number of nitrogens with one attached hydrogen (secondary N) is 1. The van der Waals surface area contributed by atoms with Crippen LogP contribution >= 0.6 is 0 Å². The van der Waals surface area contributed by atoms with Crippen LogP contribution in [0.1, 0.15) is 10.4 Å². The molecule has 0 saturated carbocycles. The van der Waals surface area contributed by atoms with Crippen LogP contribution in [0.3, 0.4) is 0 Å². The van der Waals surface area contributed by atoms with Crippen LogP contribution in [0.15, 0.2) is 18.2 Å². The Kier molecular flexibility index (Phi) is 2.25. The van der Waals surface area contributed by atoms with E-state index in [1.165, 1.54) is 12.1 Å². The van der Waals surface area contributed by atoms with Crippen LogP contribution in [0.4, 0.5) is 0 Å². The number of nitrogens with zero attached hydrogens (tertiary/aromatic N) is 2. The molecule has 0 saturated heterocycles. The monoisotopic (exact) mass is 180 g/mol. The van der Waals surface area contributed by atoms with Gasteiger partial charge in [-0.25, -0.2) is 4.79 Å². The standard InChI is InChI=1S/C7H5N3O2.H3N/c11-7(12)4-1-2-5-6(3-4)9-10-8-5;/h1-3H,(H,11,12)(H,8,9,10);1H3. The van der Waals surface area contributed by atoms with Gasteiger partial charge < -0.3 is 11.3 Å². The van der Waals surface area contributed by atoms with Crippen LogP contribution in [0.25, 0.3) is 11.0 Å². The van der Waals surface area contributed by atoms with E-state index >= 15 is 0 Å². The minimum Gasteiger partial charge on any atom is -0.478 e. The third-order valence-electron chi connectivity index (χ3n) is 1.56. The van der Waals surface area contributed by atoms with Crippen LogP contribution in [0.2, 0.25) is 0 Å². The Morgan fingerprint density at radius 3 is 2.69 bits per heavy atom. The van der Waals surface area contributed by atoms with E-state index in [0.29, 0.717) is 11.0 Å². The van der Waals surface area contributed by atoms with E-state index in [9.17, 15) is 4.79 Å². The number of aromatic nitrogens is 3. The van der Waals surface area contributed by atoms with Gasteiger partial charge in [-0.1, -0.05) is 0 Å². The minimum atomic E-state index is -0.958. The maximum Gasteiger partial charge on any atom is 0.335 e. The molecule has 1 aromatic carbocycles. The summed E-state index contributed by atoms with van der Waals surface area (Å²) in [6.07, 6.45) is 0. The molecule has 0 unspecified atom stereocenters. The van der Waals surface area contributed by atoms with Crippen molar-refractivity contribution in [2.75, 3.05) is 0 Å². The molecular formula is C7H8N4O2. The van der Waals surface area contributed by atoms with Crippen LogP contribution in [-0.2, 0) is 0 Å². The van der Waals surface area contributed by atoms with Gasteiger partial charge in [0.2, 0.25) is 0 Å². The fourth-order valence-electron chi connectivity index (χ4n) is 0.973. The molecular weight excluding hydrogens is 172 g/mol. The molecule has 13 heavy (non-hydrogen) atoms. The van der Waals surface area contributed by atoms with Gasteiger partial charge in [-0.3, -0.25) is 0 Å². The lowest BCUT2D eigenvalue weighted by Gasteiger charge is -1.90. The summed E-state index contributed by atoms with van der Waals surface area (Å²) in [5.41, 5.74) is 1.45. The van der Waals surface area contributed by atoms with Crippen molar-refractivity contribution >= 4 is 17.0 Å². The van der Waals surface area contributed by atoms with E-state index in [2.05, 4.69) is 15.4 Å². The van der Waals surface area contributed by atoms with Crippen molar-refractivity contribution in [1.82, 2.24) is 21.6 Å². The average molecular weight is 180 g/mol. The third-order valence-corrected chi connectivity index (χ3v) is 1.56. The number of carboxylic acids is 1. The average Bonchev–Trinajstić information content (AvgIpc) is 2.49. The first-order valence-corrected chi connectivity index (χ1v) is 3.31. The Morgan fingerprint density at radius 1 is 1.31 bits per heavy atom. The largest absolute Gasteiger partial charge is 0.478 e. The van der Waals surface area contributed by atoms with Gasteiger partial charge in [0.1, 0.15) is 11.0 Å². The number of rotatable bonds is 1. The lowest BCUT2D eigenvalue weighted by atomic mass is 10.2. The number of carbonyl (C=O) groups is 1. The summed E-state index contributed by atoms with van der Waals surface area (Å²) in [7, 11) is 0. The molecule has 0 aliphatic rings. The van der Waals surface area contributed by atoms with Crippen molar-refractivity contribution < 1.29 is 9.90 Å². The fraction of sp³-hybridized carbons (Fsp3) is 0. The molecule has 6 heteroatoms. The van der Waals surface area contributed by atoms with Gasteiger partial charge in [0, 0.05) is 0 Å². The number of fused-ring (bicyclic) bond motifs is 1. The number of hydrogen-bond donors (Lipinski definition) is 3. The molecule has 0 aliphatic carbocycles. The lowest BCUT2D eigenvalue weighted by molar-refractivity contribution is 0.0697. The van der Waals surface area contributed by atoms with Gasteiger partial charge in [0.05, 0.1) is 5.56 Å². The smallest absolute Gasteiger partial charge is 0.335 e. The molecule has 0 radical (unpaired) electrons. The second kappa shape index (κ2) is 3.20. The molecule has 0 amide bonds. The number of aromatic carboxylic acids is 1. The summed E-state index contributed by atoms with van der Waals surface area (Å²) in [6, 6.07) is 4.58. The van der Waals surface area contributed by atoms with Crippen molar-refractivity contribution in [2.45, 2.75) is 0 Å². The summed E-state index contributed by atoms with van der Waals surface area (Å²) in [4.78, 5) is 10.5. The highest BCUT2D eigenvalue weighted by Gasteiger charge is 2.04. The van der Waals surface area contributed by atoms with Crippen molar-refractivity contribution in [2.24, 2.45) is 0 Å². The summed E-state index contributed by atoms with van der Waals surface area (Å²) in [5.74, 6) is -0.958. The molecule has 0 atom stereocenters. The Morgan fingerprint density at radius 2 is 2.00 bits per heavy atom. The molecule has 6 nitrogen and oxygen atoms in total. The van der Waals surface area contributed by atoms with Crippen molar-refractivity contribution in [3.63, 3.8) is 0 Å². The second-order valence-corrected chi connectivity index (χ2v) is 2.33. The normalized spacial score (nSPS) is 9.54. The molecule has 0 bridgehead atoms.